The van der Waals surface area contributed by atoms with Crippen molar-refractivity contribution in [2.75, 3.05) is 6.61 Å². The fourth-order valence-electron chi connectivity index (χ4n) is 3.09. The third-order valence-electron chi connectivity index (χ3n) is 4.57. The molecule has 2 aromatic carbocycles. The molecule has 0 fully saturated rings. The van der Waals surface area contributed by atoms with Crippen LogP contribution in [-0.2, 0) is 11.2 Å². The number of rotatable bonds is 6. The molecule has 0 saturated heterocycles. The summed E-state index contributed by atoms with van der Waals surface area (Å²) in [6.07, 6.45) is 0.194. The van der Waals surface area contributed by atoms with Crippen LogP contribution in [-0.4, -0.2) is 45.9 Å². The van der Waals surface area contributed by atoms with Crippen LogP contribution in [0.2, 0.25) is 0 Å². The Balaban J connectivity index is 1.96. The van der Waals surface area contributed by atoms with Crippen LogP contribution < -0.4 is 5.32 Å². The first-order valence-electron chi connectivity index (χ1n) is 8.78. The Morgan fingerprint density at radius 2 is 1.52 bits per heavy atom. The Kier molecular flexibility index (Phi) is 5.10. The van der Waals surface area contributed by atoms with Crippen molar-refractivity contribution < 1.29 is 19.5 Å². The van der Waals surface area contributed by atoms with Crippen molar-refractivity contribution in [3.05, 3.63) is 71.3 Å². The van der Waals surface area contributed by atoms with Crippen molar-refractivity contribution in [2.45, 2.75) is 31.8 Å². The number of nitrogens with zero attached hydrogens (tertiary/aromatic N) is 1. The zero-order valence-corrected chi connectivity index (χ0v) is 15.3. The van der Waals surface area contributed by atoms with Gasteiger partial charge in [-0.2, -0.15) is 0 Å². The maximum absolute atomic E-state index is 13.0. The van der Waals surface area contributed by atoms with E-state index in [1.165, 1.54) is 0 Å². The molecule has 27 heavy (non-hydrogen) atoms. The standard InChI is InChI=1S/C21H22N2O4/c1-21(2,13-24)22-18(25)17(12-14-8-4-3-5-9-14)23-19(26)15-10-6-7-11-16(15)20(23)27/h3-11,17,24H,12-13H2,1-2H3,(H,22,25)/t17-/m1/s1. The molecule has 1 aliphatic heterocycles. The van der Waals surface area contributed by atoms with Crippen LogP contribution in [0.3, 0.4) is 0 Å². The van der Waals surface area contributed by atoms with Gasteiger partial charge >= 0.3 is 0 Å². The van der Waals surface area contributed by atoms with Crippen molar-refractivity contribution in [2.24, 2.45) is 0 Å². The van der Waals surface area contributed by atoms with Gasteiger partial charge in [-0.05, 0) is 31.5 Å². The number of carbonyl (C=O) groups excluding carboxylic acids is 3. The minimum Gasteiger partial charge on any atom is -0.394 e. The van der Waals surface area contributed by atoms with Gasteiger partial charge in [0.05, 0.1) is 23.3 Å². The molecule has 2 aromatic rings. The Labute approximate surface area is 157 Å². The minimum atomic E-state index is -1.01. The fraction of sp³-hybridized carbons (Fsp3) is 0.286. The molecule has 140 valence electrons. The molecule has 2 N–H and O–H groups in total. The summed E-state index contributed by atoms with van der Waals surface area (Å²) in [7, 11) is 0. The number of benzene rings is 2. The molecule has 3 rings (SSSR count). The molecule has 0 unspecified atom stereocenters. The fourth-order valence-corrected chi connectivity index (χ4v) is 3.09. The van der Waals surface area contributed by atoms with Gasteiger partial charge in [0.2, 0.25) is 5.91 Å². The van der Waals surface area contributed by atoms with E-state index >= 15 is 0 Å². The zero-order chi connectivity index (χ0) is 19.6. The normalized spacial score (nSPS) is 14.9. The summed E-state index contributed by atoms with van der Waals surface area (Å²) in [5, 5.41) is 12.2. The first-order valence-corrected chi connectivity index (χ1v) is 8.78. The second-order valence-corrected chi connectivity index (χ2v) is 7.26. The summed E-state index contributed by atoms with van der Waals surface area (Å²) < 4.78 is 0. The Morgan fingerprint density at radius 3 is 2.04 bits per heavy atom. The molecule has 0 spiro atoms. The molecule has 0 bridgehead atoms. The summed E-state index contributed by atoms with van der Waals surface area (Å²) in [4.78, 5) is 39.7. The summed E-state index contributed by atoms with van der Waals surface area (Å²) in [5.74, 6) is -1.44. The number of aliphatic hydroxyl groups excluding tert-OH is 1. The lowest BCUT2D eigenvalue weighted by molar-refractivity contribution is -0.127. The van der Waals surface area contributed by atoms with Crippen LogP contribution in [0.5, 0.6) is 0 Å². The zero-order valence-electron chi connectivity index (χ0n) is 15.3. The highest BCUT2D eigenvalue weighted by Crippen LogP contribution is 2.26. The van der Waals surface area contributed by atoms with Crippen LogP contribution in [0.15, 0.2) is 54.6 Å². The average molecular weight is 366 g/mol. The first-order chi connectivity index (χ1) is 12.8. The maximum Gasteiger partial charge on any atom is 0.262 e. The monoisotopic (exact) mass is 366 g/mol. The summed E-state index contributed by atoms with van der Waals surface area (Å²) in [6, 6.07) is 14.8. The predicted octanol–water partition coefficient (Wildman–Crippen LogP) is 1.78. The van der Waals surface area contributed by atoms with Crippen LogP contribution in [0.4, 0.5) is 0 Å². The summed E-state index contributed by atoms with van der Waals surface area (Å²) in [6.45, 7) is 3.08. The maximum atomic E-state index is 13.0. The molecule has 6 heteroatoms. The van der Waals surface area contributed by atoms with E-state index in [9.17, 15) is 19.5 Å². The van der Waals surface area contributed by atoms with Crippen molar-refractivity contribution >= 4 is 17.7 Å². The molecule has 6 nitrogen and oxygen atoms in total. The third-order valence-corrected chi connectivity index (χ3v) is 4.57. The lowest BCUT2D eigenvalue weighted by Gasteiger charge is -2.30. The molecular weight excluding hydrogens is 344 g/mol. The van der Waals surface area contributed by atoms with Gasteiger partial charge in [-0.25, -0.2) is 0 Å². The average Bonchev–Trinajstić information content (AvgIpc) is 2.91. The Hall–Kier alpha value is -2.99. The van der Waals surface area contributed by atoms with Crippen LogP contribution in [0.1, 0.15) is 40.1 Å². The molecular formula is C21H22N2O4. The number of carbonyl (C=O) groups is 3. The molecule has 0 aromatic heterocycles. The van der Waals surface area contributed by atoms with Gasteiger partial charge in [0, 0.05) is 6.42 Å². The topological polar surface area (TPSA) is 86.7 Å². The van der Waals surface area contributed by atoms with E-state index in [1.807, 2.05) is 30.3 Å². The molecule has 1 atom stereocenters. The molecule has 1 aliphatic rings. The van der Waals surface area contributed by atoms with E-state index in [2.05, 4.69) is 5.32 Å². The van der Waals surface area contributed by atoms with Crippen LogP contribution in [0, 0.1) is 0 Å². The van der Waals surface area contributed by atoms with E-state index in [0.29, 0.717) is 11.1 Å². The largest absolute Gasteiger partial charge is 0.394 e. The van der Waals surface area contributed by atoms with E-state index in [-0.39, 0.29) is 13.0 Å². The molecule has 0 saturated carbocycles. The van der Waals surface area contributed by atoms with Gasteiger partial charge in [0.15, 0.2) is 0 Å². The van der Waals surface area contributed by atoms with Crippen molar-refractivity contribution in [1.29, 1.82) is 0 Å². The third kappa shape index (κ3) is 3.75. The second-order valence-electron chi connectivity index (χ2n) is 7.26. The SMILES string of the molecule is CC(C)(CO)NC(=O)[C@@H](Cc1ccccc1)N1C(=O)c2ccccc2C1=O. The molecule has 0 aliphatic carbocycles. The van der Waals surface area contributed by atoms with E-state index < -0.39 is 29.3 Å². The predicted molar refractivity (Wildman–Crippen MR) is 100 cm³/mol. The number of hydrogen-bond donors (Lipinski definition) is 2. The number of imide groups is 1. The minimum absolute atomic E-state index is 0.194. The van der Waals surface area contributed by atoms with Gasteiger partial charge in [0.1, 0.15) is 6.04 Å². The van der Waals surface area contributed by atoms with Crippen molar-refractivity contribution in [3.8, 4) is 0 Å². The number of nitrogens with one attached hydrogen (secondary N) is 1. The van der Waals surface area contributed by atoms with Crippen molar-refractivity contribution in [1.82, 2.24) is 10.2 Å². The number of amides is 3. The first kappa shape index (κ1) is 18.8. The molecule has 0 radical (unpaired) electrons. The van der Waals surface area contributed by atoms with Gasteiger partial charge < -0.3 is 10.4 Å². The highest BCUT2D eigenvalue weighted by atomic mass is 16.3. The smallest absolute Gasteiger partial charge is 0.262 e. The second kappa shape index (κ2) is 7.32. The highest BCUT2D eigenvalue weighted by Gasteiger charge is 2.43. The van der Waals surface area contributed by atoms with Gasteiger partial charge in [0.25, 0.3) is 11.8 Å². The lowest BCUT2D eigenvalue weighted by Crippen LogP contribution is -2.56. The van der Waals surface area contributed by atoms with Gasteiger partial charge in [-0.3, -0.25) is 19.3 Å². The summed E-state index contributed by atoms with van der Waals surface area (Å²) in [5.41, 5.74) is 0.561. The van der Waals surface area contributed by atoms with Crippen LogP contribution >= 0.6 is 0 Å². The van der Waals surface area contributed by atoms with Gasteiger partial charge in [-0.15, -0.1) is 0 Å². The number of aliphatic hydroxyl groups is 1. The Bertz CT molecular complexity index is 842. The lowest BCUT2D eigenvalue weighted by atomic mass is 10.0. The summed E-state index contributed by atoms with van der Waals surface area (Å²) >= 11 is 0. The highest BCUT2D eigenvalue weighted by molar-refractivity contribution is 6.22. The molecule has 3 amide bonds. The van der Waals surface area contributed by atoms with Gasteiger partial charge in [-0.1, -0.05) is 42.5 Å². The van der Waals surface area contributed by atoms with E-state index in [1.54, 1.807) is 38.1 Å². The number of hydrogen-bond acceptors (Lipinski definition) is 4. The van der Waals surface area contributed by atoms with Crippen LogP contribution in [0.25, 0.3) is 0 Å². The van der Waals surface area contributed by atoms with E-state index in [0.717, 1.165) is 10.5 Å². The number of fused-ring (bicyclic) bond motifs is 1. The van der Waals surface area contributed by atoms with Crippen molar-refractivity contribution in [3.63, 3.8) is 0 Å². The van der Waals surface area contributed by atoms with E-state index in [4.69, 9.17) is 0 Å². The molecule has 1 heterocycles. The Morgan fingerprint density at radius 1 is 1.00 bits per heavy atom. The quantitative estimate of drug-likeness (QED) is 0.763.